The van der Waals surface area contributed by atoms with Gasteiger partial charge in [0.25, 0.3) is 5.89 Å². The van der Waals surface area contributed by atoms with Crippen molar-refractivity contribution in [2.75, 3.05) is 0 Å². The van der Waals surface area contributed by atoms with Crippen LogP contribution in [-0.4, -0.2) is 15.1 Å². The van der Waals surface area contributed by atoms with E-state index in [1.165, 1.54) is 5.56 Å². The summed E-state index contributed by atoms with van der Waals surface area (Å²) in [7, 11) is 0. The molecule has 3 aromatic rings. The molecule has 0 amide bonds. The predicted octanol–water partition coefficient (Wildman–Crippen LogP) is 4.60. The van der Waals surface area contributed by atoms with E-state index in [0.29, 0.717) is 17.6 Å². The summed E-state index contributed by atoms with van der Waals surface area (Å²) in [5, 5.41) is 3.95. The van der Waals surface area contributed by atoms with Gasteiger partial charge < -0.3 is 9.26 Å². The van der Waals surface area contributed by atoms with Crippen molar-refractivity contribution in [1.29, 1.82) is 0 Å². The van der Waals surface area contributed by atoms with E-state index < -0.39 is 0 Å². The van der Waals surface area contributed by atoms with Gasteiger partial charge in [0.05, 0.1) is 4.47 Å². The van der Waals surface area contributed by atoms with Gasteiger partial charge in [-0.2, -0.15) is 4.98 Å². The monoisotopic (exact) mass is 373 g/mol. The molecule has 118 valence electrons. The van der Waals surface area contributed by atoms with E-state index in [9.17, 15) is 0 Å². The van der Waals surface area contributed by atoms with Crippen LogP contribution in [-0.2, 0) is 6.61 Å². The zero-order chi connectivity index (χ0) is 16.2. The summed E-state index contributed by atoms with van der Waals surface area (Å²) in [4.78, 5) is 8.29. The summed E-state index contributed by atoms with van der Waals surface area (Å²) < 4.78 is 11.9. The van der Waals surface area contributed by atoms with Crippen LogP contribution in [0.3, 0.4) is 0 Å². The van der Waals surface area contributed by atoms with Crippen LogP contribution in [0.25, 0.3) is 11.4 Å². The van der Waals surface area contributed by atoms with Gasteiger partial charge in [-0.15, -0.1) is 0 Å². The van der Waals surface area contributed by atoms with E-state index >= 15 is 0 Å². The number of ether oxygens (including phenoxy) is 1. The zero-order valence-corrected chi connectivity index (χ0v) is 14.4. The van der Waals surface area contributed by atoms with E-state index in [4.69, 9.17) is 9.26 Å². The number of hydrogen-bond acceptors (Lipinski definition) is 5. The first-order chi connectivity index (χ1) is 11.1. The lowest BCUT2D eigenvalue weighted by Gasteiger charge is -2.10. The minimum Gasteiger partial charge on any atom is -0.483 e. The van der Waals surface area contributed by atoms with E-state index in [1.54, 1.807) is 12.4 Å². The Morgan fingerprint density at radius 3 is 2.65 bits per heavy atom. The first-order valence-electron chi connectivity index (χ1n) is 7.28. The number of nitrogens with zero attached hydrogens (tertiary/aromatic N) is 3. The number of benzene rings is 1. The Labute approximate surface area is 142 Å². The van der Waals surface area contributed by atoms with Crippen molar-refractivity contribution >= 4 is 15.9 Å². The van der Waals surface area contributed by atoms with Gasteiger partial charge in [-0.3, -0.25) is 4.98 Å². The maximum Gasteiger partial charge on any atom is 0.264 e. The number of halogens is 1. The molecule has 2 heterocycles. The maximum atomic E-state index is 5.75. The molecule has 5 nitrogen and oxygen atoms in total. The van der Waals surface area contributed by atoms with E-state index in [2.05, 4.69) is 57.0 Å². The number of aromatic nitrogens is 3. The molecule has 0 spiro atoms. The van der Waals surface area contributed by atoms with Crippen molar-refractivity contribution in [3.63, 3.8) is 0 Å². The quantitative estimate of drug-likeness (QED) is 0.653. The summed E-state index contributed by atoms with van der Waals surface area (Å²) in [5.74, 6) is 2.18. The Morgan fingerprint density at radius 2 is 1.96 bits per heavy atom. The fourth-order valence-corrected chi connectivity index (χ4v) is 2.58. The van der Waals surface area contributed by atoms with Crippen molar-refractivity contribution < 1.29 is 9.26 Å². The summed E-state index contributed by atoms with van der Waals surface area (Å²) in [6, 6.07) is 9.73. The molecule has 0 aliphatic rings. The predicted molar refractivity (Wildman–Crippen MR) is 90.1 cm³/mol. The number of rotatable bonds is 5. The zero-order valence-electron chi connectivity index (χ0n) is 12.9. The van der Waals surface area contributed by atoms with Crippen molar-refractivity contribution in [2.45, 2.75) is 26.4 Å². The molecule has 23 heavy (non-hydrogen) atoms. The molecule has 0 N–H and O–H groups in total. The Bertz CT molecular complexity index is 788. The van der Waals surface area contributed by atoms with Crippen LogP contribution in [0.2, 0.25) is 0 Å². The van der Waals surface area contributed by atoms with Crippen LogP contribution in [0.1, 0.15) is 31.2 Å². The smallest absolute Gasteiger partial charge is 0.264 e. The number of hydrogen-bond donors (Lipinski definition) is 0. The molecule has 0 atom stereocenters. The highest BCUT2D eigenvalue weighted by Gasteiger charge is 2.11. The van der Waals surface area contributed by atoms with E-state index in [1.807, 2.05) is 18.2 Å². The summed E-state index contributed by atoms with van der Waals surface area (Å²) >= 11 is 3.53. The highest BCUT2D eigenvalue weighted by Crippen LogP contribution is 2.29. The standard InChI is InChI=1S/C17H16BrN3O2/c1-11(2)13-3-4-15(14(18)9-13)22-10-16-20-17(21-23-16)12-5-7-19-8-6-12/h3-9,11H,10H2,1-2H3. The van der Waals surface area contributed by atoms with Crippen LogP contribution in [0, 0.1) is 0 Å². The highest BCUT2D eigenvalue weighted by atomic mass is 79.9. The van der Waals surface area contributed by atoms with Gasteiger partial charge in [-0.25, -0.2) is 0 Å². The molecular weight excluding hydrogens is 358 g/mol. The van der Waals surface area contributed by atoms with Gasteiger partial charge in [0.15, 0.2) is 6.61 Å². The fraction of sp³-hybridized carbons (Fsp3) is 0.235. The Hall–Kier alpha value is -2.21. The summed E-state index contributed by atoms with van der Waals surface area (Å²) in [6.45, 7) is 4.53. The van der Waals surface area contributed by atoms with Crippen molar-refractivity contribution in [2.24, 2.45) is 0 Å². The van der Waals surface area contributed by atoms with Crippen LogP contribution < -0.4 is 4.74 Å². The molecule has 6 heteroatoms. The van der Waals surface area contributed by atoms with Gasteiger partial charge in [0.1, 0.15) is 5.75 Å². The Morgan fingerprint density at radius 1 is 1.17 bits per heavy atom. The number of pyridine rings is 1. The third-order valence-corrected chi connectivity index (χ3v) is 4.00. The third-order valence-electron chi connectivity index (χ3n) is 3.38. The molecule has 0 saturated carbocycles. The van der Waals surface area contributed by atoms with Crippen molar-refractivity contribution in [1.82, 2.24) is 15.1 Å². The highest BCUT2D eigenvalue weighted by molar-refractivity contribution is 9.10. The van der Waals surface area contributed by atoms with Crippen LogP contribution in [0.15, 0.2) is 51.7 Å². The van der Waals surface area contributed by atoms with Crippen LogP contribution >= 0.6 is 15.9 Å². The minimum absolute atomic E-state index is 0.220. The topological polar surface area (TPSA) is 61.0 Å². The second-order valence-electron chi connectivity index (χ2n) is 5.38. The second kappa shape index (κ2) is 6.91. The van der Waals surface area contributed by atoms with Crippen LogP contribution in [0.4, 0.5) is 0 Å². The lowest BCUT2D eigenvalue weighted by atomic mass is 10.0. The van der Waals surface area contributed by atoms with Gasteiger partial charge in [0.2, 0.25) is 5.82 Å². The summed E-state index contributed by atoms with van der Waals surface area (Å²) in [5.41, 5.74) is 2.11. The molecule has 0 saturated heterocycles. The molecule has 0 radical (unpaired) electrons. The molecule has 0 bridgehead atoms. The molecule has 1 aromatic carbocycles. The minimum atomic E-state index is 0.220. The lowest BCUT2D eigenvalue weighted by Crippen LogP contribution is -1.97. The fourth-order valence-electron chi connectivity index (χ4n) is 2.06. The average molecular weight is 374 g/mol. The van der Waals surface area contributed by atoms with Gasteiger partial charge in [-0.05, 0) is 51.7 Å². The van der Waals surface area contributed by atoms with Crippen molar-refractivity contribution in [3.05, 3.63) is 58.7 Å². The average Bonchev–Trinajstić information content (AvgIpc) is 3.03. The molecule has 0 aliphatic carbocycles. The maximum absolute atomic E-state index is 5.75. The van der Waals surface area contributed by atoms with Crippen molar-refractivity contribution in [3.8, 4) is 17.1 Å². The molecule has 3 rings (SSSR count). The molecule has 0 unspecified atom stereocenters. The molecule has 2 aromatic heterocycles. The SMILES string of the molecule is CC(C)c1ccc(OCc2nc(-c3ccncc3)no2)c(Br)c1. The molecule has 0 aliphatic heterocycles. The van der Waals surface area contributed by atoms with Gasteiger partial charge in [0, 0.05) is 18.0 Å². The molecule has 0 fully saturated rings. The van der Waals surface area contributed by atoms with Crippen LogP contribution in [0.5, 0.6) is 5.75 Å². The first-order valence-corrected chi connectivity index (χ1v) is 8.08. The lowest BCUT2D eigenvalue weighted by molar-refractivity contribution is 0.241. The van der Waals surface area contributed by atoms with Gasteiger partial charge >= 0.3 is 0 Å². The first kappa shape index (κ1) is 15.7. The van der Waals surface area contributed by atoms with Gasteiger partial charge in [-0.1, -0.05) is 25.1 Å². The Kier molecular flexibility index (Phi) is 4.71. The van der Waals surface area contributed by atoms with E-state index in [0.717, 1.165) is 15.8 Å². The molecular formula is C17H16BrN3O2. The Balaban J connectivity index is 1.68. The summed E-state index contributed by atoms with van der Waals surface area (Å²) in [6.07, 6.45) is 3.38. The normalized spacial score (nSPS) is 11.0. The largest absolute Gasteiger partial charge is 0.483 e. The second-order valence-corrected chi connectivity index (χ2v) is 6.24. The van der Waals surface area contributed by atoms with E-state index in [-0.39, 0.29) is 6.61 Å². The third kappa shape index (κ3) is 3.76.